The maximum absolute atomic E-state index is 12.9. The number of benzene rings is 1. The van der Waals surface area contributed by atoms with Crippen molar-refractivity contribution in [2.75, 3.05) is 26.2 Å². The highest BCUT2D eigenvalue weighted by Gasteiger charge is 2.35. The molecule has 3 rings (SSSR count). The largest absolute Gasteiger partial charge is 0.314 e. The van der Waals surface area contributed by atoms with E-state index in [4.69, 9.17) is 0 Å². The molecule has 0 bridgehead atoms. The molecule has 0 spiro atoms. The van der Waals surface area contributed by atoms with Gasteiger partial charge in [-0.3, -0.25) is 9.69 Å². The number of hydrogen-bond acceptors (Lipinski definition) is 3. The van der Waals surface area contributed by atoms with Crippen LogP contribution < -0.4 is 5.32 Å². The van der Waals surface area contributed by atoms with Gasteiger partial charge in [-0.15, -0.1) is 0 Å². The highest BCUT2D eigenvalue weighted by Crippen LogP contribution is 2.36. The van der Waals surface area contributed by atoms with Crippen molar-refractivity contribution in [1.82, 2.24) is 10.2 Å². The lowest BCUT2D eigenvalue weighted by Crippen LogP contribution is -2.57. The molecule has 1 aliphatic carbocycles. The van der Waals surface area contributed by atoms with Crippen LogP contribution in [0.1, 0.15) is 54.9 Å². The molecule has 0 amide bonds. The molecule has 1 saturated carbocycles. The first-order chi connectivity index (χ1) is 10.1. The van der Waals surface area contributed by atoms with E-state index in [9.17, 15) is 4.79 Å². The van der Waals surface area contributed by atoms with Gasteiger partial charge in [-0.1, -0.05) is 30.7 Å². The number of piperazine rings is 1. The minimum atomic E-state index is -0.417. The van der Waals surface area contributed by atoms with Crippen molar-refractivity contribution in [3.8, 4) is 0 Å². The molecule has 0 aromatic heterocycles. The minimum Gasteiger partial charge on any atom is -0.314 e. The zero-order chi connectivity index (χ0) is 14.9. The Morgan fingerprint density at radius 2 is 1.76 bits per heavy atom. The summed E-state index contributed by atoms with van der Waals surface area (Å²) in [5.74, 6) is 0.972. The molecule has 21 heavy (non-hydrogen) atoms. The summed E-state index contributed by atoms with van der Waals surface area (Å²) in [5, 5.41) is 3.35. The zero-order valence-corrected chi connectivity index (χ0v) is 13.2. The molecule has 3 nitrogen and oxygen atoms in total. The number of carbonyl (C=O) groups is 1. The van der Waals surface area contributed by atoms with Crippen LogP contribution in [0.5, 0.6) is 0 Å². The predicted octanol–water partition coefficient (Wildman–Crippen LogP) is 2.82. The van der Waals surface area contributed by atoms with Gasteiger partial charge < -0.3 is 5.32 Å². The summed E-state index contributed by atoms with van der Waals surface area (Å²) in [6.45, 7) is 7.94. The Morgan fingerprint density at radius 3 is 2.29 bits per heavy atom. The number of Topliss-reactive ketones (excluding diaryl/α,β-unsaturated/α-hetero) is 1. The van der Waals surface area contributed by atoms with E-state index in [-0.39, 0.29) is 5.78 Å². The maximum Gasteiger partial charge on any atom is 0.182 e. The van der Waals surface area contributed by atoms with Gasteiger partial charge >= 0.3 is 0 Å². The van der Waals surface area contributed by atoms with E-state index in [2.05, 4.69) is 36.2 Å². The van der Waals surface area contributed by atoms with Gasteiger partial charge in [0.05, 0.1) is 5.54 Å². The van der Waals surface area contributed by atoms with Crippen LogP contribution in [0.15, 0.2) is 24.3 Å². The lowest BCUT2D eigenvalue weighted by Gasteiger charge is -2.40. The Bertz CT molecular complexity index is 496. The lowest BCUT2D eigenvalue weighted by molar-refractivity contribution is 0.0602. The molecule has 1 saturated heterocycles. The first-order valence-corrected chi connectivity index (χ1v) is 8.19. The first kappa shape index (κ1) is 14.7. The molecule has 2 aliphatic rings. The van der Waals surface area contributed by atoms with Gasteiger partial charge in [-0.25, -0.2) is 0 Å². The molecule has 1 aromatic rings. The quantitative estimate of drug-likeness (QED) is 0.864. The normalized spacial score (nSPS) is 21.0. The monoisotopic (exact) mass is 286 g/mol. The van der Waals surface area contributed by atoms with Crippen LogP contribution >= 0.6 is 0 Å². The zero-order valence-electron chi connectivity index (χ0n) is 13.2. The maximum atomic E-state index is 12.9. The average molecular weight is 286 g/mol. The fourth-order valence-corrected chi connectivity index (χ4v) is 3.37. The number of carbonyl (C=O) groups excluding carboxylic acids is 1. The van der Waals surface area contributed by atoms with Crippen LogP contribution in [0.3, 0.4) is 0 Å². The Kier molecular flexibility index (Phi) is 4.14. The second-order valence-electron chi connectivity index (χ2n) is 6.88. The van der Waals surface area contributed by atoms with Crippen LogP contribution in [0.25, 0.3) is 0 Å². The van der Waals surface area contributed by atoms with E-state index in [1.54, 1.807) is 0 Å². The molecule has 0 radical (unpaired) electrons. The third-order valence-corrected chi connectivity index (χ3v) is 5.21. The van der Waals surface area contributed by atoms with Crippen molar-refractivity contribution >= 4 is 5.78 Å². The number of nitrogens with zero attached hydrogens (tertiary/aromatic N) is 1. The Morgan fingerprint density at radius 1 is 1.14 bits per heavy atom. The second-order valence-corrected chi connectivity index (χ2v) is 6.88. The molecule has 1 aliphatic heterocycles. The van der Waals surface area contributed by atoms with Crippen LogP contribution in [-0.2, 0) is 0 Å². The van der Waals surface area contributed by atoms with E-state index in [1.165, 1.54) is 24.8 Å². The molecule has 2 fully saturated rings. The SMILES string of the molecule is CC(C)(C(=O)c1ccc(C2CCC2)cc1)N1CCNCC1. The summed E-state index contributed by atoms with van der Waals surface area (Å²) in [7, 11) is 0. The average Bonchev–Trinajstić information content (AvgIpc) is 2.46. The molecule has 114 valence electrons. The smallest absolute Gasteiger partial charge is 0.182 e. The first-order valence-electron chi connectivity index (χ1n) is 8.19. The van der Waals surface area contributed by atoms with Crippen molar-refractivity contribution < 1.29 is 4.79 Å². The highest BCUT2D eigenvalue weighted by molar-refractivity contribution is 6.02. The van der Waals surface area contributed by atoms with Crippen LogP contribution in [0, 0.1) is 0 Å². The Labute approximate surface area is 127 Å². The molecule has 3 heteroatoms. The number of nitrogens with one attached hydrogen (secondary N) is 1. The third-order valence-electron chi connectivity index (χ3n) is 5.21. The van der Waals surface area contributed by atoms with Gasteiger partial charge in [0.25, 0.3) is 0 Å². The summed E-state index contributed by atoms with van der Waals surface area (Å²) >= 11 is 0. The number of rotatable bonds is 4. The van der Waals surface area contributed by atoms with Gasteiger partial charge in [0.2, 0.25) is 0 Å². The van der Waals surface area contributed by atoms with E-state index in [1.807, 2.05) is 12.1 Å². The van der Waals surface area contributed by atoms with Gasteiger partial charge in [0.1, 0.15) is 0 Å². The summed E-state index contributed by atoms with van der Waals surface area (Å²) in [4.78, 5) is 15.2. The standard InChI is InChI=1S/C18H26N2O/c1-18(2,20-12-10-19-11-13-20)17(21)16-8-6-15(7-9-16)14-4-3-5-14/h6-9,14,19H,3-5,10-13H2,1-2H3. The number of hydrogen-bond donors (Lipinski definition) is 1. The topological polar surface area (TPSA) is 32.3 Å². The van der Waals surface area contributed by atoms with Crippen molar-refractivity contribution in [3.05, 3.63) is 35.4 Å². The van der Waals surface area contributed by atoms with Gasteiger partial charge in [0, 0.05) is 31.7 Å². The molecule has 0 unspecified atom stereocenters. The van der Waals surface area contributed by atoms with E-state index < -0.39 is 5.54 Å². The summed E-state index contributed by atoms with van der Waals surface area (Å²) in [6, 6.07) is 8.37. The Balaban J connectivity index is 1.73. The van der Waals surface area contributed by atoms with Crippen LogP contribution in [-0.4, -0.2) is 42.4 Å². The second kappa shape index (κ2) is 5.90. The third kappa shape index (κ3) is 2.90. The highest BCUT2D eigenvalue weighted by atomic mass is 16.1. The lowest BCUT2D eigenvalue weighted by atomic mass is 9.79. The molecule has 1 N–H and O–H groups in total. The van der Waals surface area contributed by atoms with Crippen molar-refractivity contribution in [3.63, 3.8) is 0 Å². The predicted molar refractivity (Wildman–Crippen MR) is 85.9 cm³/mol. The number of ketones is 1. The molecule has 1 aromatic carbocycles. The summed E-state index contributed by atoms with van der Waals surface area (Å²) in [6.07, 6.45) is 3.96. The van der Waals surface area contributed by atoms with E-state index >= 15 is 0 Å². The summed E-state index contributed by atoms with van der Waals surface area (Å²) < 4.78 is 0. The molecule has 0 atom stereocenters. The Hall–Kier alpha value is -1.19. The van der Waals surface area contributed by atoms with Crippen LogP contribution in [0.4, 0.5) is 0 Å². The minimum absolute atomic E-state index is 0.240. The van der Waals surface area contributed by atoms with Crippen molar-refractivity contribution in [2.45, 2.75) is 44.6 Å². The van der Waals surface area contributed by atoms with Crippen LogP contribution in [0.2, 0.25) is 0 Å². The fraction of sp³-hybridized carbons (Fsp3) is 0.611. The van der Waals surface area contributed by atoms with E-state index in [0.717, 1.165) is 37.7 Å². The summed E-state index contributed by atoms with van der Waals surface area (Å²) in [5.41, 5.74) is 1.83. The van der Waals surface area contributed by atoms with Gasteiger partial charge in [0.15, 0.2) is 5.78 Å². The van der Waals surface area contributed by atoms with Crippen molar-refractivity contribution in [2.24, 2.45) is 0 Å². The van der Waals surface area contributed by atoms with Crippen molar-refractivity contribution in [1.29, 1.82) is 0 Å². The fourth-order valence-electron chi connectivity index (χ4n) is 3.37. The van der Waals surface area contributed by atoms with Gasteiger partial charge in [-0.2, -0.15) is 0 Å². The molecular formula is C18H26N2O. The molecule has 1 heterocycles. The molecular weight excluding hydrogens is 260 g/mol. The van der Waals surface area contributed by atoms with E-state index in [0.29, 0.717) is 0 Å². The van der Waals surface area contributed by atoms with Gasteiger partial charge in [-0.05, 0) is 38.2 Å².